The molecule has 1 unspecified atom stereocenters. The zero-order valence-corrected chi connectivity index (χ0v) is 14.9. The lowest BCUT2D eigenvalue weighted by atomic mass is 10.1. The summed E-state index contributed by atoms with van der Waals surface area (Å²) in [5.41, 5.74) is 1.20. The van der Waals surface area contributed by atoms with Crippen molar-refractivity contribution in [2.24, 2.45) is 0 Å². The second kappa shape index (κ2) is 8.14. The molecule has 0 saturated heterocycles. The number of thiazole rings is 1. The smallest absolute Gasteiger partial charge is 0.185 e. The first kappa shape index (κ1) is 16.8. The van der Waals surface area contributed by atoms with Crippen LogP contribution in [0.15, 0.2) is 0 Å². The Kier molecular flexibility index (Phi) is 6.49. The maximum absolute atomic E-state index is 4.85. The van der Waals surface area contributed by atoms with Crippen LogP contribution in [0.25, 0.3) is 0 Å². The molecule has 120 valence electrons. The molecule has 0 radical (unpaired) electrons. The molecule has 1 fully saturated rings. The molecule has 1 atom stereocenters. The highest BCUT2D eigenvalue weighted by Crippen LogP contribution is 2.33. The van der Waals surface area contributed by atoms with Gasteiger partial charge in [-0.15, -0.1) is 11.3 Å². The molecular weight excluding hydrogens is 278 g/mol. The molecule has 21 heavy (non-hydrogen) atoms. The second-order valence-corrected chi connectivity index (χ2v) is 7.39. The first-order chi connectivity index (χ1) is 10.1. The maximum Gasteiger partial charge on any atom is 0.185 e. The number of nitrogens with zero attached hydrogens (tertiary/aromatic N) is 2. The Morgan fingerprint density at radius 1 is 1.29 bits per heavy atom. The van der Waals surface area contributed by atoms with Gasteiger partial charge >= 0.3 is 0 Å². The van der Waals surface area contributed by atoms with E-state index < -0.39 is 0 Å². The summed E-state index contributed by atoms with van der Waals surface area (Å²) in [4.78, 5) is 8.70. The number of aryl methyl sites for hydroxylation is 1. The van der Waals surface area contributed by atoms with Gasteiger partial charge in [0.05, 0.1) is 5.69 Å². The van der Waals surface area contributed by atoms with Crippen molar-refractivity contribution in [2.45, 2.75) is 77.8 Å². The first-order valence-corrected chi connectivity index (χ1v) is 9.38. The molecule has 0 aliphatic heterocycles. The van der Waals surface area contributed by atoms with Crippen molar-refractivity contribution in [1.82, 2.24) is 10.3 Å². The fourth-order valence-corrected chi connectivity index (χ4v) is 4.33. The summed E-state index contributed by atoms with van der Waals surface area (Å²) in [6.45, 7) is 7.70. The third-order valence-electron chi connectivity index (χ3n) is 4.59. The predicted molar refractivity (Wildman–Crippen MR) is 93.5 cm³/mol. The van der Waals surface area contributed by atoms with Crippen LogP contribution in [-0.4, -0.2) is 24.6 Å². The topological polar surface area (TPSA) is 28.2 Å². The molecule has 0 spiro atoms. The molecule has 0 bridgehead atoms. The quantitative estimate of drug-likeness (QED) is 0.774. The average Bonchev–Trinajstić information content (AvgIpc) is 2.70. The molecular formula is C17H31N3S. The summed E-state index contributed by atoms with van der Waals surface area (Å²) >= 11 is 1.88. The minimum atomic E-state index is 0.415. The van der Waals surface area contributed by atoms with Crippen molar-refractivity contribution >= 4 is 16.5 Å². The van der Waals surface area contributed by atoms with Crippen molar-refractivity contribution in [3.05, 3.63) is 10.6 Å². The van der Waals surface area contributed by atoms with Gasteiger partial charge in [-0.05, 0) is 39.7 Å². The van der Waals surface area contributed by atoms with Gasteiger partial charge in [-0.2, -0.15) is 0 Å². The van der Waals surface area contributed by atoms with E-state index in [-0.39, 0.29) is 0 Å². The number of anilines is 1. The van der Waals surface area contributed by atoms with Crippen LogP contribution in [0.4, 0.5) is 5.13 Å². The number of rotatable bonds is 6. The van der Waals surface area contributed by atoms with Gasteiger partial charge in [0, 0.05) is 24.0 Å². The lowest BCUT2D eigenvalue weighted by Crippen LogP contribution is -2.30. The first-order valence-electron chi connectivity index (χ1n) is 8.57. The predicted octanol–water partition coefficient (Wildman–Crippen LogP) is 4.67. The van der Waals surface area contributed by atoms with Crippen molar-refractivity contribution in [1.29, 1.82) is 0 Å². The normalized spacial score (nSPS) is 18.5. The highest BCUT2D eigenvalue weighted by Gasteiger charge is 2.22. The summed E-state index contributed by atoms with van der Waals surface area (Å²) in [5, 5.41) is 4.79. The van der Waals surface area contributed by atoms with E-state index in [4.69, 9.17) is 4.98 Å². The molecule has 1 aromatic rings. The standard InChI is InChI=1S/C17H31N3S/c1-5-12-18-13(2)16-14(3)19-17(21-16)20(4)15-10-8-6-7-9-11-15/h13,15,18H,5-12H2,1-4H3. The third-order valence-corrected chi connectivity index (χ3v) is 6.02. The highest BCUT2D eigenvalue weighted by atomic mass is 32.1. The van der Waals surface area contributed by atoms with E-state index in [9.17, 15) is 0 Å². The van der Waals surface area contributed by atoms with Crippen molar-refractivity contribution < 1.29 is 0 Å². The summed E-state index contributed by atoms with van der Waals surface area (Å²) in [6, 6.07) is 1.10. The van der Waals surface area contributed by atoms with Gasteiger partial charge in [-0.1, -0.05) is 32.6 Å². The molecule has 1 aliphatic rings. The fraction of sp³-hybridized carbons (Fsp3) is 0.824. The molecule has 4 heteroatoms. The van der Waals surface area contributed by atoms with Crippen LogP contribution in [0, 0.1) is 6.92 Å². The van der Waals surface area contributed by atoms with Crippen molar-refractivity contribution in [3.8, 4) is 0 Å². The van der Waals surface area contributed by atoms with Crippen LogP contribution in [-0.2, 0) is 0 Å². The number of aromatic nitrogens is 1. The van der Waals surface area contributed by atoms with Crippen LogP contribution >= 0.6 is 11.3 Å². The van der Waals surface area contributed by atoms with Crippen LogP contribution < -0.4 is 10.2 Å². The van der Waals surface area contributed by atoms with Gasteiger partial charge in [-0.25, -0.2) is 4.98 Å². The zero-order chi connectivity index (χ0) is 15.2. The number of hydrogen-bond acceptors (Lipinski definition) is 4. The summed E-state index contributed by atoms with van der Waals surface area (Å²) < 4.78 is 0. The fourth-order valence-electron chi connectivity index (χ4n) is 3.20. The molecule has 3 nitrogen and oxygen atoms in total. The third kappa shape index (κ3) is 4.43. The zero-order valence-electron chi connectivity index (χ0n) is 14.1. The Labute approximate surface area is 134 Å². The molecule has 2 rings (SSSR count). The van der Waals surface area contributed by atoms with Crippen LogP contribution in [0.5, 0.6) is 0 Å². The summed E-state index contributed by atoms with van der Waals surface area (Å²) in [6.07, 6.45) is 9.40. The lowest BCUT2D eigenvalue weighted by molar-refractivity contribution is 0.552. The molecule has 1 aromatic heterocycles. The van der Waals surface area contributed by atoms with E-state index in [2.05, 4.69) is 38.0 Å². The largest absolute Gasteiger partial charge is 0.348 e. The van der Waals surface area contributed by atoms with E-state index in [0.29, 0.717) is 12.1 Å². The van der Waals surface area contributed by atoms with Gasteiger partial charge in [0.25, 0.3) is 0 Å². The van der Waals surface area contributed by atoms with Gasteiger partial charge in [0.1, 0.15) is 0 Å². The van der Waals surface area contributed by atoms with E-state index in [1.807, 2.05) is 11.3 Å². The Bertz CT molecular complexity index is 422. The van der Waals surface area contributed by atoms with Gasteiger partial charge < -0.3 is 10.2 Å². The molecule has 0 aromatic carbocycles. The number of hydrogen-bond donors (Lipinski definition) is 1. The minimum Gasteiger partial charge on any atom is -0.348 e. The Hall–Kier alpha value is -0.610. The van der Waals surface area contributed by atoms with Gasteiger partial charge in [-0.3, -0.25) is 0 Å². The maximum atomic E-state index is 4.85. The highest BCUT2D eigenvalue weighted by molar-refractivity contribution is 7.15. The summed E-state index contributed by atoms with van der Waals surface area (Å²) in [5.74, 6) is 0. The minimum absolute atomic E-state index is 0.415. The molecule has 1 N–H and O–H groups in total. The number of nitrogens with one attached hydrogen (secondary N) is 1. The molecule has 1 saturated carbocycles. The van der Waals surface area contributed by atoms with Crippen molar-refractivity contribution in [3.63, 3.8) is 0 Å². The Morgan fingerprint density at radius 3 is 2.57 bits per heavy atom. The van der Waals surface area contributed by atoms with Gasteiger partial charge in [0.2, 0.25) is 0 Å². The average molecular weight is 310 g/mol. The van der Waals surface area contributed by atoms with E-state index in [0.717, 1.165) is 6.54 Å². The molecule has 1 aliphatic carbocycles. The molecule has 1 heterocycles. The SMILES string of the molecule is CCCNC(C)c1sc(N(C)C2CCCCCC2)nc1C. The monoisotopic (exact) mass is 309 g/mol. The summed E-state index contributed by atoms with van der Waals surface area (Å²) in [7, 11) is 2.24. The van der Waals surface area contributed by atoms with E-state index in [1.165, 1.54) is 60.6 Å². The van der Waals surface area contributed by atoms with Crippen LogP contribution in [0.2, 0.25) is 0 Å². The van der Waals surface area contributed by atoms with E-state index >= 15 is 0 Å². The lowest BCUT2D eigenvalue weighted by Gasteiger charge is -2.26. The Balaban J connectivity index is 2.05. The van der Waals surface area contributed by atoms with Crippen LogP contribution in [0.1, 0.15) is 75.4 Å². The van der Waals surface area contributed by atoms with Crippen molar-refractivity contribution in [2.75, 3.05) is 18.5 Å². The van der Waals surface area contributed by atoms with E-state index in [1.54, 1.807) is 0 Å². The molecule has 0 amide bonds. The second-order valence-electron chi connectivity index (χ2n) is 6.38. The van der Waals surface area contributed by atoms with Crippen LogP contribution in [0.3, 0.4) is 0 Å². The van der Waals surface area contributed by atoms with Gasteiger partial charge in [0.15, 0.2) is 5.13 Å². The Morgan fingerprint density at radius 2 is 1.95 bits per heavy atom.